The monoisotopic (exact) mass is 165 g/mol. The third-order valence-corrected chi connectivity index (χ3v) is 2.24. The number of rotatable bonds is 3. The second kappa shape index (κ2) is 3.57. The van der Waals surface area contributed by atoms with Gasteiger partial charge < -0.3 is 5.73 Å². The van der Waals surface area contributed by atoms with Crippen LogP contribution in [0.25, 0.3) is 0 Å². The summed E-state index contributed by atoms with van der Waals surface area (Å²) in [6, 6.07) is 0. The van der Waals surface area contributed by atoms with Crippen molar-refractivity contribution in [3.05, 3.63) is 24.3 Å². The van der Waals surface area contributed by atoms with E-state index in [0.717, 1.165) is 0 Å². The molecular formula is C10H15NO. The number of amides is 1. The Morgan fingerprint density at radius 3 is 2.17 bits per heavy atom. The second-order valence-corrected chi connectivity index (χ2v) is 3.52. The van der Waals surface area contributed by atoms with Crippen molar-refractivity contribution in [1.29, 1.82) is 0 Å². The summed E-state index contributed by atoms with van der Waals surface area (Å²) in [4.78, 5) is 11.1. The number of primary amides is 1. The maximum absolute atomic E-state index is 11.1. The quantitative estimate of drug-likeness (QED) is 0.676. The lowest BCUT2D eigenvalue weighted by Crippen LogP contribution is -2.32. The van der Waals surface area contributed by atoms with Crippen LogP contribution in [0, 0.1) is 17.8 Å². The van der Waals surface area contributed by atoms with E-state index < -0.39 is 0 Å². The van der Waals surface area contributed by atoms with Crippen LogP contribution in [0.4, 0.5) is 0 Å². The van der Waals surface area contributed by atoms with Gasteiger partial charge in [0.1, 0.15) is 0 Å². The minimum absolute atomic E-state index is 0.0556. The largest absolute Gasteiger partial charge is 0.369 e. The first kappa shape index (κ1) is 9.04. The van der Waals surface area contributed by atoms with Crippen molar-refractivity contribution in [3.63, 3.8) is 0 Å². The summed E-state index contributed by atoms with van der Waals surface area (Å²) in [5.41, 5.74) is 5.31. The van der Waals surface area contributed by atoms with Crippen molar-refractivity contribution < 1.29 is 4.79 Å². The van der Waals surface area contributed by atoms with Crippen LogP contribution in [-0.4, -0.2) is 5.91 Å². The zero-order valence-corrected chi connectivity index (χ0v) is 7.53. The van der Waals surface area contributed by atoms with E-state index in [-0.39, 0.29) is 17.7 Å². The predicted molar refractivity (Wildman–Crippen MR) is 49.3 cm³/mol. The highest BCUT2D eigenvalue weighted by molar-refractivity contribution is 5.78. The third-order valence-electron chi connectivity index (χ3n) is 2.24. The molecule has 1 aliphatic rings. The van der Waals surface area contributed by atoms with Gasteiger partial charge in [0.15, 0.2) is 0 Å². The van der Waals surface area contributed by atoms with Crippen molar-refractivity contribution in [2.24, 2.45) is 23.5 Å². The molecule has 1 atom stereocenters. The molecule has 2 nitrogen and oxygen atoms in total. The molecule has 0 spiro atoms. The average Bonchev–Trinajstić information content (AvgIpc) is 2.37. The van der Waals surface area contributed by atoms with Crippen LogP contribution in [0.15, 0.2) is 24.3 Å². The van der Waals surface area contributed by atoms with Gasteiger partial charge >= 0.3 is 0 Å². The number of carbonyl (C=O) groups excluding carboxylic acids is 1. The van der Waals surface area contributed by atoms with Gasteiger partial charge in [0.2, 0.25) is 5.91 Å². The molecule has 1 amide bonds. The number of hydrogen-bond donors (Lipinski definition) is 1. The number of carbonyl (C=O) groups is 1. The topological polar surface area (TPSA) is 43.1 Å². The Hall–Kier alpha value is -1.05. The van der Waals surface area contributed by atoms with Gasteiger partial charge in [-0.25, -0.2) is 0 Å². The Kier molecular flexibility index (Phi) is 2.69. The van der Waals surface area contributed by atoms with E-state index in [9.17, 15) is 4.79 Å². The van der Waals surface area contributed by atoms with Crippen LogP contribution < -0.4 is 5.73 Å². The highest BCUT2D eigenvalue weighted by Gasteiger charge is 2.26. The van der Waals surface area contributed by atoms with Crippen LogP contribution in [0.5, 0.6) is 0 Å². The van der Waals surface area contributed by atoms with Crippen molar-refractivity contribution in [2.75, 3.05) is 0 Å². The molecule has 0 bridgehead atoms. The Balaban J connectivity index is 2.72. The molecule has 0 aromatic heterocycles. The van der Waals surface area contributed by atoms with E-state index in [1.54, 1.807) is 0 Å². The molecule has 1 unspecified atom stereocenters. The molecule has 66 valence electrons. The zero-order chi connectivity index (χ0) is 9.14. The smallest absolute Gasteiger partial charge is 0.221 e. The minimum atomic E-state index is -0.203. The van der Waals surface area contributed by atoms with Crippen LogP contribution >= 0.6 is 0 Å². The fraction of sp³-hybridized carbons (Fsp3) is 0.500. The Labute approximate surface area is 73.1 Å². The van der Waals surface area contributed by atoms with Gasteiger partial charge in [0, 0.05) is 11.8 Å². The molecule has 0 saturated carbocycles. The summed E-state index contributed by atoms with van der Waals surface area (Å²) in [6.45, 7) is 4.05. The summed E-state index contributed by atoms with van der Waals surface area (Å²) in [6.07, 6.45) is 7.97. The molecule has 0 heterocycles. The third kappa shape index (κ3) is 1.76. The molecular weight excluding hydrogens is 150 g/mol. The average molecular weight is 165 g/mol. The van der Waals surface area contributed by atoms with Crippen LogP contribution in [-0.2, 0) is 4.79 Å². The normalized spacial score (nSPS) is 18.9. The number of allylic oxidation sites excluding steroid dienone is 4. The van der Waals surface area contributed by atoms with Gasteiger partial charge in [-0.05, 0) is 5.92 Å². The first-order chi connectivity index (χ1) is 5.63. The molecule has 0 saturated heterocycles. The molecule has 1 rings (SSSR count). The van der Waals surface area contributed by atoms with Crippen LogP contribution in [0.2, 0.25) is 0 Å². The van der Waals surface area contributed by atoms with Crippen LogP contribution in [0.1, 0.15) is 13.8 Å². The van der Waals surface area contributed by atoms with E-state index in [1.165, 1.54) is 0 Å². The van der Waals surface area contributed by atoms with Crippen LogP contribution in [0.3, 0.4) is 0 Å². The lowest BCUT2D eigenvalue weighted by Gasteiger charge is -2.21. The van der Waals surface area contributed by atoms with Crippen molar-refractivity contribution >= 4 is 5.91 Å². The predicted octanol–water partition coefficient (Wildman–Crippen LogP) is 1.49. The van der Waals surface area contributed by atoms with Crippen molar-refractivity contribution in [2.45, 2.75) is 13.8 Å². The second-order valence-electron chi connectivity index (χ2n) is 3.52. The van der Waals surface area contributed by atoms with Gasteiger partial charge in [0.25, 0.3) is 0 Å². The maximum atomic E-state index is 11.1. The SMILES string of the molecule is CC(C)C(C(N)=O)C1C=CC=C1. The van der Waals surface area contributed by atoms with E-state index in [2.05, 4.69) is 0 Å². The van der Waals surface area contributed by atoms with E-state index >= 15 is 0 Å². The van der Waals surface area contributed by atoms with Gasteiger partial charge in [-0.3, -0.25) is 4.79 Å². The van der Waals surface area contributed by atoms with E-state index in [1.807, 2.05) is 38.2 Å². The summed E-state index contributed by atoms with van der Waals surface area (Å²) in [7, 11) is 0. The fourth-order valence-electron chi connectivity index (χ4n) is 1.65. The molecule has 0 aliphatic heterocycles. The molecule has 0 aromatic rings. The van der Waals surface area contributed by atoms with E-state index in [4.69, 9.17) is 5.73 Å². The molecule has 12 heavy (non-hydrogen) atoms. The first-order valence-corrected chi connectivity index (χ1v) is 4.27. The van der Waals surface area contributed by atoms with Crippen molar-refractivity contribution in [1.82, 2.24) is 0 Å². The molecule has 2 N–H and O–H groups in total. The maximum Gasteiger partial charge on any atom is 0.221 e. The Bertz CT molecular complexity index is 216. The summed E-state index contributed by atoms with van der Waals surface area (Å²) < 4.78 is 0. The lowest BCUT2D eigenvalue weighted by atomic mass is 9.84. The van der Waals surface area contributed by atoms with Gasteiger partial charge in [0.05, 0.1) is 0 Å². The molecule has 0 radical (unpaired) electrons. The number of hydrogen-bond acceptors (Lipinski definition) is 1. The molecule has 2 heteroatoms. The van der Waals surface area contributed by atoms with Gasteiger partial charge in [-0.15, -0.1) is 0 Å². The van der Waals surface area contributed by atoms with Crippen molar-refractivity contribution in [3.8, 4) is 0 Å². The molecule has 1 aliphatic carbocycles. The Morgan fingerprint density at radius 2 is 1.83 bits per heavy atom. The zero-order valence-electron chi connectivity index (χ0n) is 7.53. The standard InChI is InChI=1S/C10H15NO/c1-7(2)9(10(11)12)8-5-3-4-6-8/h3-9H,1-2H3,(H2,11,12). The van der Waals surface area contributed by atoms with Gasteiger partial charge in [-0.2, -0.15) is 0 Å². The lowest BCUT2D eigenvalue weighted by molar-refractivity contribution is -0.123. The first-order valence-electron chi connectivity index (χ1n) is 4.27. The fourth-order valence-corrected chi connectivity index (χ4v) is 1.65. The number of nitrogens with two attached hydrogens (primary N) is 1. The van der Waals surface area contributed by atoms with Gasteiger partial charge in [-0.1, -0.05) is 38.2 Å². The summed E-state index contributed by atoms with van der Waals surface area (Å²) in [5.74, 6) is 0.258. The molecule has 0 aromatic carbocycles. The minimum Gasteiger partial charge on any atom is -0.369 e. The summed E-state index contributed by atoms with van der Waals surface area (Å²) >= 11 is 0. The highest BCUT2D eigenvalue weighted by Crippen LogP contribution is 2.25. The molecule has 0 fully saturated rings. The highest BCUT2D eigenvalue weighted by atomic mass is 16.1. The Morgan fingerprint density at radius 1 is 1.33 bits per heavy atom. The summed E-state index contributed by atoms with van der Waals surface area (Å²) in [5, 5.41) is 0. The van der Waals surface area contributed by atoms with E-state index in [0.29, 0.717) is 5.92 Å².